The fraction of sp³-hybridized carbons (Fsp3) is 0.333. The zero-order valence-corrected chi connectivity index (χ0v) is 22.8. The Kier molecular flexibility index (Phi) is 8.42. The van der Waals surface area contributed by atoms with Crippen LogP contribution in [0.5, 0.6) is 5.75 Å². The minimum absolute atomic E-state index is 0.0865. The summed E-state index contributed by atoms with van der Waals surface area (Å²) in [5.41, 5.74) is 4.61. The summed E-state index contributed by atoms with van der Waals surface area (Å²) in [4.78, 5) is 19.2. The molecule has 1 amide bonds. The standard InChI is InChI=1S/C30H32BrN3O4/c31-25-13-9-23(10-14-25)27-30(21-22-7-2-1-3-8-22,29(36)33-34-17-4-5-18-34)32-28(38-27)24-11-15-26(16-12-24)37-20-6-19-35/h1-3,7-16,27,35H,4-6,17-21H2,(H,33,36)/t27-,30-/m0/s1. The van der Waals surface area contributed by atoms with E-state index in [-0.39, 0.29) is 12.5 Å². The molecule has 7 nitrogen and oxygen atoms in total. The highest BCUT2D eigenvalue weighted by Crippen LogP contribution is 2.43. The zero-order valence-electron chi connectivity index (χ0n) is 21.2. The van der Waals surface area contributed by atoms with Gasteiger partial charge in [0.15, 0.2) is 11.6 Å². The fourth-order valence-corrected chi connectivity index (χ4v) is 5.16. The monoisotopic (exact) mass is 577 g/mol. The maximum absolute atomic E-state index is 14.2. The third-order valence-electron chi connectivity index (χ3n) is 6.88. The molecule has 3 aromatic rings. The van der Waals surface area contributed by atoms with E-state index in [1.807, 2.05) is 83.9 Å². The molecule has 2 aliphatic heterocycles. The molecule has 8 heteroatoms. The minimum Gasteiger partial charge on any atom is -0.494 e. The Morgan fingerprint density at radius 2 is 1.76 bits per heavy atom. The molecule has 2 atom stereocenters. The molecule has 0 spiro atoms. The van der Waals surface area contributed by atoms with E-state index in [4.69, 9.17) is 19.6 Å². The van der Waals surface area contributed by atoms with Gasteiger partial charge in [-0.2, -0.15) is 0 Å². The third-order valence-corrected chi connectivity index (χ3v) is 7.41. The highest BCUT2D eigenvalue weighted by atomic mass is 79.9. The van der Waals surface area contributed by atoms with Gasteiger partial charge in [0.1, 0.15) is 5.75 Å². The quantitative estimate of drug-likeness (QED) is 0.337. The van der Waals surface area contributed by atoms with Crippen molar-refractivity contribution in [2.75, 3.05) is 26.3 Å². The molecular weight excluding hydrogens is 546 g/mol. The molecule has 2 heterocycles. The third kappa shape index (κ3) is 5.93. The molecule has 0 aromatic heterocycles. The van der Waals surface area contributed by atoms with Gasteiger partial charge in [-0.1, -0.05) is 58.4 Å². The molecule has 0 unspecified atom stereocenters. The van der Waals surface area contributed by atoms with Gasteiger partial charge in [-0.25, -0.2) is 10.0 Å². The number of carbonyl (C=O) groups is 1. The van der Waals surface area contributed by atoms with Gasteiger partial charge in [-0.05, 0) is 60.4 Å². The van der Waals surface area contributed by atoms with Crippen molar-refractivity contribution in [3.8, 4) is 5.75 Å². The molecule has 0 bridgehead atoms. The first-order valence-electron chi connectivity index (χ1n) is 13.0. The highest BCUT2D eigenvalue weighted by molar-refractivity contribution is 9.10. The van der Waals surface area contributed by atoms with Crippen LogP contribution in [-0.4, -0.2) is 53.8 Å². The van der Waals surface area contributed by atoms with Crippen molar-refractivity contribution >= 4 is 27.7 Å². The lowest BCUT2D eigenvalue weighted by atomic mass is 9.82. The number of halogens is 1. The summed E-state index contributed by atoms with van der Waals surface area (Å²) in [5.74, 6) is 0.954. The number of nitrogens with one attached hydrogen (secondary N) is 1. The van der Waals surface area contributed by atoms with Crippen LogP contribution in [0.3, 0.4) is 0 Å². The van der Waals surface area contributed by atoms with Gasteiger partial charge in [0, 0.05) is 42.6 Å². The molecule has 1 saturated heterocycles. The second kappa shape index (κ2) is 12.1. The highest BCUT2D eigenvalue weighted by Gasteiger charge is 2.53. The van der Waals surface area contributed by atoms with Crippen LogP contribution in [0, 0.1) is 0 Å². The number of aliphatic hydroxyl groups is 1. The number of benzene rings is 3. The average molecular weight is 579 g/mol. The molecule has 0 aliphatic carbocycles. The van der Waals surface area contributed by atoms with Gasteiger partial charge in [0.25, 0.3) is 5.91 Å². The Labute approximate surface area is 231 Å². The molecule has 198 valence electrons. The number of aliphatic hydroxyl groups excluding tert-OH is 1. The Morgan fingerprint density at radius 1 is 1.05 bits per heavy atom. The maximum Gasteiger partial charge on any atom is 0.266 e. The summed E-state index contributed by atoms with van der Waals surface area (Å²) in [6, 6.07) is 25.3. The second-order valence-electron chi connectivity index (χ2n) is 9.64. The molecule has 2 N–H and O–H groups in total. The van der Waals surface area contributed by atoms with Crippen LogP contribution in [0.2, 0.25) is 0 Å². The Morgan fingerprint density at radius 3 is 2.45 bits per heavy atom. The number of hydrogen-bond acceptors (Lipinski definition) is 6. The summed E-state index contributed by atoms with van der Waals surface area (Å²) < 4.78 is 13.2. The van der Waals surface area contributed by atoms with Crippen LogP contribution in [0.15, 0.2) is 88.3 Å². The van der Waals surface area contributed by atoms with Crippen molar-refractivity contribution in [2.45, 2.75) is 37.3 Å². The Balaban J connectivity index is 1.54. The number of ether oxygens (including phenoxy) is 2. The van der Waals surface area contributed by atoms with E-state index in [2.05, 4.69) is 21.4 Å². The topological polar surface area (TPSA) is 83.4 Å². The summed E-state index contributed by atoms with van der Waals surface area (Å²) in [5, 5.41) is 11.0. The van der Waals surface area contributed by atoms with Crippen molar-refractivity contribution in [2.24, 2.45) is 4.99 Å². The molecule has 3 aromatic carbocycles. The predicted molar refractivity (Wildman–Crippen MR) is 150 cm³/mol. The molecule has 0 radical (unpaired) electrons. The van der Waals surface area contributed by atoms with Crippen LogP contribution < -0.4 is 10.2 Å². The lowest BCUT2D eigenvalue weighted by Crippen LogP contribution is -2.54. The Bertz CT molecular complexity index is 1240. The zero-order chi connectivity index (χ0) is 26.4. The number of amides is 1. The van der Waals surface area contributed by atoms with Crippen LogP contribution in [0.25, 0.3) is 0 Å². The van der Waals surface area contributed by atoms with Gasteiger partial charge in [0.2, 0.25) is 5.90 Å². The largest absolute Gasteiger partial charge is 0.494 e. The fourth-order valence-electron chi connectivity index (χ4n) is 4.90. The Hall–Kier alpha value is -3.20. The average Bonchev–Trinajstić information content (AvgIpc) is 3.59. The molecule has 38 heavy (non-hydrogen) atoms. The lowest BCUT2D eigenvalue weighted by molar-refractivity contribution is -0.133. The maximum atomic E-state index is 14.2. The summed E-state index contributed by atoms with van der Waals surface area (Å²) in [6.07, 6.45) is 2.45. The van der Waals surface area contributed by atoms with Crippen molar-refractivity contribution in [1.82, 2.24) is 10.4 Å². The van der Waals surface area contributed by atoms with Crippen LogP contribution in [-0.2, 0) is 16.0 Å². The van der Waals surface area contributed by atoms with E-state index in [0.717, 1.165) is 47.1 Å². The van der Waals surface area contributed by atoms with E-state index in [0.29, 0.717) is 31.1 Å². The van der Waals surface area contributed by atoms with Crippen molar-refractivity contribution in [1.29, 1.82) is 0 Å². The number of hydrazine groups is 1. The minimum atomic E-state index is -1.20. The van der Waals surface area contributed by atoms with E-state index < -0.39 is 11.6 Å². The van der Waals surface area contributed by atoms with Crippen molar-refractivity contribution in [3.05, 3.63) is 100 Å². The smallest absolute Gasteiger partial charge is 0.266 e. The number of aliphatic imine (C=N–C) groups is 1. The van der Waals surface area contributed by atoms with Crippen molar-refractivity contribution in [3.63, 3.8) is 0 Å². The molecule has 0 saturated carbocycles. The molecule has 2 aliphatic rings. The number of rotatable bonds is 10. The number of carbonyl (C=O) groups excluding carboxylic acids is 1. The van der Waals surface area contributed by atoms with E-state index >= 15 is 0 Å². The van der Waals surface area contributed by atoms with Crippen LogP contribution in [0.1, 0.15) is 42.1 Å². The van der Waals surface area contributed by atoms with E-state index in [1.54, 1.807) is 0 Å². The molecule has 5 rings (SSSR count). The van der Waals surface area contributed by atoms with E-state index in [9.17, 15) is 4.79 Å². The lowest BCUT2D eigenvalue weighted by Gasteiger charge is -2.32. The van der Waals surface area contributed by atoms with Gasteiger partial charge < -0.3 is 14.6 Å². The first kappa shape index (κ1) is 26.4. The van der Waals surface area contributed by atoms with Gasteiger partial charge >= 0.3 is 0 Å². The van der Waals surface area contributed by atoms with Gasteiger partial charge in [-0.3, -0.25) is 10.2 Å². The predicted octanol–water partition coefficient (Wildman–Crippen LogP) is 4.84. The first-order valence-corrected chi connectivity index (χ1v) is 13.8. The summed E-state index contributed by atoms with van der Waals surface area (Å²) in [7, 11) is 0. The molecule has 1 fully saturated rings. The SMILES string of the molecule is O=C(NN1CCCC1)[C@@]1(Cc2ccccc2)N=C(c2ccc(OCCCO)cc2)O[C@H]1c1ccc(Br)cc1. The van der Waals surface area contributed by atoms with E-state index in [1.165, 1.54) is 0 Å². The first-order chi connectivity index (χ1) is 18.6. The summed E-state index contributed by atoms with van der Waals surface area (Å²) in [6.45, 7) is 2.18. The van der Waals surface area contributed by atoms with Gasteiger partial charge in [-0.15, -0.1) is 0 Å². The van der Waals surface area contributed by atoms with Crippen molar-refractivity contribution < 1.29 is 19.4 Å². The normalized spacial score (nSPS) is 21.1. The van der Waals surface area contributed by atoms with Crippen LogP contribution >= 0.6 is 15.9 Å². The number of hydrogen-bond donors (Lipinski definition) is 2. The van der Waals surface area contributed by atoms with Crippen LogP contribution in [0.4, 0.5) is 0 Å². The van der Waals surface area contributed by atoms with Gasteiger partial charge in [0.05, 0.1) is 6.61 Å². The second-order valence-corrected chi connectivity index (χ2v) is 10.6. The number of nitrogens with zero attached hydrogens (tertiary/aromatic N) is 2. The molecular formula is C30H32BrN3O4. The summed E-state index contributed by atoms with van der Waals surface area (Å²) >= 11 is 3.52.